The molecule has 0 saturated carbocycles. The van der Waals surface area contributed by atoms with Gasteiger partial charge in [-0.1, -0.05) is 0 Å². The number of morpholine rings is 1. The van der Waals surface area contributed by atoms with Crippen LogP contribution in [0.1, 0.15) is 31.1 Å². The van der Waals surface area contributed by atoms with Gasteiger partial charge in [0.15, 0.2) is 0 Å². The number of rotatable bonds is 2. The molecule has 0 amide bonds. The Bertz CT molecular complexity index is 502. The standard InChI is InChI=1S/C13H19N3O3/c1-8-6-16(7-13(2,3)19-8)11-4-9(12(17)18)10(14)5-15-11/h4-5,8H,6-7,14H2,1-3H3,(H,17,18). The molecule has 6 heteroatoms. The molecule has 0 radical (unpaired) electrons. The van der Waals surface area contributed by atoms with Crippen LogP contribution in [0, 0.1) is 0 Å². The lowest BCUT2D eigenvalue weighted by Gasteiger charge is -2.42. The van der Waals surface area contributed by atoms with Crippen LogP contribution in [0.2, 0.25) is 0 Å². The van der Waals surface area contributed by atoms with Gasteiger partial charge in [-0.3, -0.25) is 0 Å². The number of hydrogen-bond donors (Lipinski definition) is 2. The Kier molecular flexibility index (Phi) is 3.36. The number of anilines is 2. The first-order valence-electron chi connectivity index (χ1n) is 6.20. The van der Waals surface area contributed by atoms with Crippen molar-refractivity contribution in [3.63, 3.8) is 0 Å². The Balaban J connectivity index is 2.31. The molecule has 1 aliphatic rings. The lowest BCUT2D eigenvalue weighted by molar-refractivity contribution is -0.0751. The molecule has 1 aliphatic heterocycles. The number of hydrogen-bond acceptors (Lipinski definition) is 5. The van der Waals surface area contributed by atoms with Crippen LogP contribution in [0.5, 0.6) is 0 Å². The molecule has 1 saturated heterocycles. The molecule has 19 heavy (non-hydrogen) atoms. The van der Waals surface area contributed by atoms with E-state index < -0.39 is 5.97 Å². The number of carboxylic acid groups (broad SMARTS) is 1. The summed E-state index contributed by atoms with van der Waals surface area (Å²) in [6.45, 7) is 7.34. The molecule has 1 aromatic heterocycles. The summed E-state index contributed by atoms with van der Waals surface area (Å²) in [4.78, 5) is 17.4. The Morgan fingerprint density at radius 2 is 2.32 bits per heavy atom. The normalized spacial score (nSPS) is 22.3. The summed E-state index contributed by atoms with van der Waals surface area (Å²) in [6.07, 6.45) is 1.46. The van der Waals surface area contributed by atoms with E-state index in [0.29, 0.717) is 18.9 Å². The predicted molar refractivity (Wildman–Crippen MR) is 72.4 cm³/mol. The van der Waals surface area contributed by atoms with Crippen LogP contribution in [0.15, 0.2) is 12.3 Å². The lowest BCUT2D eigenvalue weighted by atomic mass is 10.1. The molecule has 0 aromatic carbocycles. The van der Waals surface area contributed by atoms with Crippen LogP contribution in [-0.4, -0.2) is 40.9 Å². The first-order valence-corrected chi connectivity index (χ1v) is 6.20. The number of nitrogen functional groups attached to an aromatic ring is 1. The minimum Gasteiger partial charge on any atom is -0.478 e. The van der Waals surface area contributed by atoms with E-state index in [4.69, 9.17) is 15.6 Å². The van der Waals surface area contributed by atoms with Gasteiger partial charge in [0.2, 0.25) is 0 Å². The highest BCUT2D eigenvalue weighted by molar-refractivity contribution is 5.94. The fraction of sp³-hybridized carbons (Fsp3) is 0.538. The summed E-state index contributed by atoms with van der Waals surface area (Å²) in [7, 11) is 0. The Hall–Kier alpha value is -1.82. The average Bonchev–Trinajstić information content (AvgIpc) is 2.26. The van der Waals surface area contributed by atoms with E-state index in [9.17, 15) is 4.79 Å². The summed E-state index contributed by atoms with van der Waals surface area (Å²) < 4.78 is 5.82. The Morgan fingerprint density at radius 1 is 1.63 bits per heavy atom. The molecule has 1 fully saturated rings. The van der Waals surface area contributed by atoms with Crippen LogP contribution in [0.25, 0.3) is 0 Å². The summed E-state index contributed by atoms with van der Waals surface area (Å²) in [6, 6.07) is 1.52. The second kappa shape index (κ2) is 4.70. The SMILES string of the molecule is CC1CN(c2cc(C(=O)O)c(N)cn2)CC(C)(C)O1. The van der Waals surface area contributed by atoms with Gasteiger partial charge in [-0.25, -0.2) is 9.78 Å². The van der Waals surface area contributed by atoms with Crippen LogP contribution in [-0.2, 0) is 4.74 Å². The van der Waals surface area contributed by atoms with Crippen molar-refractivity contribution < 1.29 is 14.6 Å². The maximum absolute atomic E-state index is 11.1. The highest BCUT2D eigenvalue weighted by Gasteiger charge is 2.32. The summed E-state index contributed by atoms with van der Waals surface area (Å²) in [5, 5.41) is 9.09. The number of ether oxygens (including phenoxy) is 1. The second-order valence-electron chi connectivity index (χ2n) is 5.50. The molecule has 2 heterocycles. The number of carboxylic acids is 1. The highest BCUT2D eigenvalue weighted by Crippen LogP contribution is 2.26. The molecular formula is C13H19N3O3. The number of carbonyl (C=O) groups is 1. The van der Waals surface area contributed by atoms with E-state index in [0.717, 1.165) is 0 Å². The van der Waals surface area contributed by atoms with Crippen molar-refractivity contribution in [2.75, 3.05) is 23.7 Å². The summed E-state index contributed by atoms with van der Waals surface area (Å²) >= 11 is 0. The van der Waals surface area contributed by atoms with Gasteiger partial charge < -0.3 is 20.5 Å². The van der Waals surface area contributed by atoms with Crippen LogP contribution < -0.4 is 10.6 Å². The maximum atomic E-state index is 11.1. The van der Waals surface area contributed by atoms with Crippen LogP contribution >= 0.6 is 0 Å². The van der Waals surface area contributed by atoms with E-state index in [-0.39, 0.29) is 23.0 Å². The quantitative estimate of drug-likeness (QED) is 0.839. The van der Waals surface area contributed by atoms with E-state index in [2.05, 4.69) is 4.98 Å². The van der Waals surface area contributed by atoms with E-state index >= 15 is 0 Å². The van der Waals surface area contributed by atoms with E-state index in [1.165, 1.54) is 12.3 Å². The molecule has 3 N–H and O–H groups in total. The van der Waals surface area contributed by atoms with Gasteiger partial charge in [-0.2, -0.15) is 0 Å². The van der Waals surface area contributed by atoms with Gasteiger partial charge in [-0.05, 0) is 26.8 Å². The molecule has 1 aromatic rings. The fourth-order valence-corrected chi connectivity index (χ4v) is 2.44. The lowest BCUT2D eigenvalue weighted by Crippen LogP contribution is -2.52. The highest BCUT2D eigenvalue weighted by atomic mass is 16.5. The third-order valence-electron chi connectivity index (χ3n) is 3.04. The minimum absolute atomic E-state index is 0.0661. The van der Waals surface area contributed by atoms with Crippen molar-refractivity contribution in [2.24, 2.45) is 0 Å². The number of pyridine rings is 1. The second-order valence-corrected chi connectivity index (χ2v) is 5.50. The molecule has 104 valence electrons. The van der Waals surface area contributed by atoms with Crippen molar-refractivity contribution >= 4 is 17.5 Å². The third-order valence-corrected chi connectivity index (χ3v) is 3.04. The zero-order chi connectivity index (χ0) is 14.2. The van der Waals surface area contributed by atoms with E-state index in [1.54, 1.807) is 0 Å². The number of nitrogens with zero attached hydrogens (tertiary/aromatic N) is 2. The van der Waals surface area contributed by atoms with Crippen molar-refractivity contribution in [2.45, 2.75) is 32.5 Å². The van der Waals surface area contributed by atoms with Crippen molar-refractivity contribution in [3.05, 3.63) is 17.8 Å². The van der Waals surface area contributed by atoms with Gasteiger partial charge in [0.25, 0.3) is 0 Å². The topological polar surface area (TPSA) is 88.7 Å². The summed E-state index contributed by atoms with van der Waals surface area (Å²) in [5.74, 6) is -0.420. The molecule has 2 rings (SSSR count). The van der Waals surface area contributed by atoms with Gasteiger partial charge >= 0.3 is 5.97 Å². The number of aromatic carboxylic acids is 1. The van der Waals surface area contributed by atoms with Crippen LogP contribution in [0.4, 0.5) is 11.5 Å². The van der Waals surface area contributed by atoms with Gasteiger partial charge in [0.05, 0.1) is 29.2 Å². The zero-order valence-electron chi connectivity index (χ0n) is 11.4. The minimum atomic E-state index is -1.04. The monoisotopic (exact) mass is 265 g/mol. The molecule has 6 nitrogen and oxygen atoms in total. The van der Waals surface area contributed by atoms with Gasteiger partial charge in [0.1, 0.15) is 5.82 Å². The third kappa shape index (κ3) is 2.96. The van der Waals surface area contributed by atoms with Crippen molar-refractivity contribution in [1.82, 2.24) is 4.98 Å². The van der Waals surface area contributed by atoms with E-state index in [1.807, 2.05) is 25.7 Å². The average molecular weight is 265 g/mol. The molecular weight excluding hydrogens is 246 g/mol. The zero-order valence-corrected chi connectivity index (χ0v) is 11.4. The molecule has 1 atom stereocenters. The maximum Gasteiger partial charge on any atom is 0.337 e. The number of aromatic nitrogens is 1. The Morgan fingerprint density at radius 3 is 2.89 bits per heavy atom. The molecule has 0 aliphatic carbocycles. The number of nitrogens with two attached hydrogens (primary N) is 1. The molecule has 1 unspecified atom stereocenters. The van der Waals surface area contributed by atoms with Gasteiger partial charge in [-0.15, -0.1) is 0 Å². The first-order chi connectivity index (χ1) is 8.78. The smallest absolute Gasteiger partial charge is 0.337 e. The predicted octanol–water partition coefficient (Wildman–Crippen LogP) is 1.37. The van der Waals surface area contributed by atoms with Crippen molar-refractivity contribution in [1.29, 1.82) is 0 Å². The fourth-order valence-electron chi connectivity index (χ4n) is 2.44. The Labute approximate surface area is 112 Å². The van der Waals surface area contributed by atoms with Crippen molar-refractivity contribution in [3.8, 4) is 0 Å². The van der Waals surface area contributed by atoms with Gasteiger partial charge in [0, 0.05) is 13.1 Å². The summed E-state index contributed by atoms with van der Waals surface area (Å²) in [5.41, 5.74) is 5.59. The molecule has 0 bridgehead atoms. The van der Waals surface area contributed by atoms with Crippen LogP contribution in [0.3, 0.4) is 0 Å². The first kappa shape index (κ1) is 13.6. The molecule has 0 spiro atoms. The largest absolute Gasteiger partial charge is 0.478 e.